The Morgan fingerprint density at radius 2 is 1.54 bits per heavy atom. The van der Waals surface area contributed by atoms with Crippen LogP contribution in [0.2, 0.25) is 0 Å². The summed E-state index contributed by atoms with van der Waals surface area (Å²) < 4.78 is 5.77. The molecule has 1 aliphatic rings. The fourth-order valence-corrected chi connectivity index (χ4v) is 3.01. The molecule has 4 heteroatoms. The molecular weight excluding hydrogens is 300 g/mol. The van der Waals surface area contributed by atoms with Gasteiger partial charge in [-0.25, -0.2) is 0 Å². The number of hydrogen-bond acceptors (Lipinski definition) is 3. The molecule has 0 spiro atoms. The lowest BCUT2D eigenvalue weighted by Crippen LogP contribution is -2.37. The van der Waals surface area contributed by atoms with Gasteiger partial charge in [0.15, 0.2) is 0 Å². The van der Waals surface area contributed by atoms with E-state index >= 15 is 0 Å². The maximum atomic E-state index is 12.4. The molecule has 2 N–H and O–H groups in total. The van der Waals surface area contributed by atoms with Gasteiger partial charge in [-0.15, -0.1) is 0 Å². The van der Waals surface area contributed by atoms with Crippen LogP contribution in [0.1, 0.15) is 30.0 Å². The molecule has 0 radical (unpaired) electrons. The van der Waals surface area contributed by atoms with Crippen LogP contribution in [0.4, 0.5) is 0 Å². The maximum absolute atomic E-state index is 12.4. The molecule has 2 aromatic rings. The zero-order chi connectivity index (χ0) is 16.6. The van der Waals surface area contributed by atoms with Crippen molar-refractivity contribution >= 4 is 5.91 Å². The van der Waals surface area contributed by atoms with Crippen molar-refractivity contribution in [2.75, 3.05) is 19.7 Å². The minimum Gasteiger partial charge on any atom is -0.368 e. The molecule has 1 fully saturated rings. The van der Waals surface area contributed by atoms with E-state index < -0.39 is 0 Å². The molecule has 1 heterocycles. The van der Waals surface area contributed by atoms with Crippen molar-refractivity contribution in [2.45, 2.75) is 25.0 Å². The number of hydrogen-bond donors (Lipinski definition) is 2. The number of nitrogens with one attached hydrogen (secondary N) is 2. The number of amides is 1. The van der Waals surface area contributed by atoms with Gasteiger partial charge in [-0.3, -0.25) is 4.79 Å². The topological polar surface area (TPSA) is 50.4 Å². The van der Waals surface area contributed by atoms with Gasteiger partial charge in [0.05, 0.1) is 12.1 Å². The Kier molecular flexibility index (Phi) is 5.99. The van der Waals surface area contributed by atoms with Gasteiger partial charge in [-0.2, -0.15) is 0 Å². The van der Waals surface area contributed by atoms with Crippen molar-refractivity contribution in [3.63, 3.8) is 0 Å². The molecule has 1 saturated heterocycles. The first-order chi connectivity index (χ1) is 11.8. The van der Waals surface area contributed by atoms with E-state index in [1.807, 2.05) is 60.7 Å². The number of benzene rings is 2. The minimum absolute atomic E-state index is 0.0776. The molecule has 3 rings (SSSR count). The van der Waals surface area contributed by atoms with E-state index in [1.54, 1.807) is 0 Å². The Balaban J connectivity index is 1.64. The Morgan fingerprint density at radius 3 is 2.08 bits per heavy atom. The number of carbonyl (C=O) groups excluding carboxylic acids is 1. The predicted molar refractivity (Wildman–Crippen MR) is 94.7 cm³/mol. The molecule has 0 aliphatic carbocycles. The fourth-order valence-electron chi connectivity index (χ4n) is 3.01. The monoisotopic (exact) mass is 324 g/mol. The molecule has 4 nitrogen and oxygen atoms in total. The van der Waals surface area contributed by atoms with Crippen LogP contribution < -0.4 is 10.6 Å². The summed E-state index contributed by atoms with van der Waals surface area (Å²) in [4.78, 5) is 12.4. The van der Waals surface area contributed by atoms with Crippen molar-refractivity contribution in [1.29, 1.82) is 0 Å². The first-order valence-corrected chi connectivity index (χ1v) is 8.54. The van der Waals surface area contributed by atoms with E-state index in [2.05, 4.69) is 10.6 Å². The summed E-state index contributed by atoms with van der Waals surface area (Å²) in [6, 6.07) is 19.9. The van der Waals surface area contributed by atoms with Crippen LogP contribution in [0.3, 0.4) is 0 Å². The summed E-state index contributed by atoms with van der Waals surface area (Å²) in [5.74, 6) is -0.0776. The Labute approximate surface area is 143 Å². The first-order valence-electron chi connectivity index (χ1n) is 8.54. The predicted octanol–water partition coefficient (Wildman–Crippen LogP) is 2.66. The van der Waals surface area contributed by atoms with Crippen molar-refractivity contribution < 1.29 is 9.53 Å². The lowest BCUT2D eigenvalue weighted by Gasteiger charge is -2.24. The van der Waals surface area contributed by atoms with Crippen molar-refractivity contribution in [2.24, 2.45) is 0 Å². The van der Waals surface area contributed by atoms with Crippen LogP contribution >= 0.6 is 0 Å². The average Bonchev–Trinajstić information content (AvgIpc) is 2.67. The largest absolute Gasteiger partial charge is 0.368 e. The molecule has 1 amide bonds. The second-order valence-corrected chi connectivity index (χ2v) is 6.08. The lowest BCUT2D eigenvalue weighted by atomic mass is 9.99. The number of piperidine rings is 1. The second-order valence-electron chi connectivity index (χ2n) is 6.08. The summed E-state index contributed by atoms with van der Waals surface area (Å²) in [5, 5.41) is 6.41. The molecule has 126 valence electrons. The zero-order valence-corrected chi connectivity index (χ0v) is 13.8. The molecule has 0 unspecified atom stereocenters. The Morgan fingerprint density at radius 1 is 1.00 bits per heavy atom. The van der Waals surface area contributed by atoms with Crippen LogP contribution in [0.5, 0.6) is 0 Å². The van der Waals surface area contributed by atoms with Gasteiger partial charge in [0.1, 0.15) is 6.61 Å². The number of carbonyl (C=O) groups is 1. The van der Waals surface area contributed by atoms with Crippen molar-refractivity contribution in [3.05, 3.63) is 71.8 Å². The van der Waals surface area contributed by atoms with Gasteiger partial charge in [-0.1, -0.05) is 60.7 Å². The van der Waals surface area contributed by atoms with Gasteiger partial charge in [0.2, 0.25) is 5.91 Å². The van der Waals surface area contributed by atoms with Crippen LogP contribution in [0.25, 0.3) is 0 Å². The fraction of sp³-hybridized carbons (Fsp3) is 0.350. The van der Waals surface area contributed by atoms with Gasteiger partial charge in [-0.05, 0) is 37.1 Å². The highest BCUT2D eigenvalue weighted by molar-refractivity contribution is 5.78. The average molecular weight is 324 g/mol. The molecule has 0 saturated carbocycles. The molecular formula is C20H24N2O2. The highest BCUT2D eigenvalue weighted by Gasteiger charge is 2.19. The van der Waals surface area contributed by atoms with E-state index in [4.69, 9.17) is 4.74 Å². The summed E-state index contributed by atoms with van der Waals surface area (Å²) in [5.41, 5.74) is 2.14. The molecule has 0 aromatic heterocycles. The Hall–Kier alpha value is -2.17. The zero-order valence-electron chi connectivity index (χ0n) is 13.8. The second kappa shape index (κ2) is 8.62. The lowest BCUT2D eigenvalue weighted by molar-refractivity contribution is -0.128. The number of rotatable bonds is 6. The summed E-state index contributed by atoms with van der Waals surface area (Å²) in [7, 11) is 0. The normalized spacial score (nSPS) is 15.4. The van der Waals surface area contributed by atoms with E-state index in [1.165, 1.54) is 0 Å². The van der Waals surface area contributed by atoms with Gasteiger partial charge in [0.25, 0.3) is 0 Å². The Bertz CT molecular complexity index is 585. The van der Waals surface area contributed by atoms with Gasteiger partial charge < -0.3 is 15.4 Å². The van der Waals surface area contributed by atoms with E-state index in [-0.39, 0.29) is 24.7 Å². The third-order valence-corrected chi connectivity index (χ3v) is 4.31. The molecule has 0 atom stereocenters. The van der Waals surface area contributed by atoms with E-state index in [9.17, 15) is 4.79 Å². The quantitative estimate of drug-likeness (QED) is 0.859. The molecule has 2 aromatic carbocycles. The summed E-state index contributed by atoms with van der Waals surface area (Å²) in [6.45, 7) is 2.03. The maximum Gasteiger partial charge on any atom is 0.246 e. The highest BCUT2D eigenvalue weighted by atomic mass is 16.5. The van der Waals surface area contributed by atoms with Gasteiger partial charge in [0, 0.05) is 0 Å². The van der Waals surface area contributed by atoms with Crippen LogP contribution in [0.15, 0.2) is 60.7 Å². The van der Waals surface area contributed by atoms with Crippen molar-refractivity contribution in [1.82, 2.24) is 10.6 Å². The summed E-state index contributed by atoms with van der Waals surface area (Å²) >= 11 is 0. The van der Waals surface area contributed by atoms with Gasteiger partial charge >= 0.3 is 0 Å². The molecule has 0 bridgehead atoms. The van der Waals surface area contributed by atoms with E-state index in [0.29, 0.717) is 0 Å². The third-order valence-electron chi connectivity index (χ3n) is 4.31. The van der Waals surface area contributed by atoms with Crippen LogP contribution in [-0.2, 0) is 9.53 Å². The highest BCUT2D eigenvalue weighted by Crippen LogP contribution is 2.21. The standard InChI is InChI=1S/C20H24N2O2/c23-19(15-24-18-11-13-21-14-12-18)22-20(16-7-3-1-4-8-16)17-9-5-2-6-10-17/h1-10,18,20-21H,11-15H2,(H,22,23). The van der Waals surface area contributed by atoms with Crippen molar-refractivity contribution in [3.8, 4) is 0 Å². The molecule has 24 heavy (non-hydrogen) atoms. The van der Waals surface area contributed by atoms with Crippen LogP contribution in [0, 0.1) is 0 Å². The minimum atomic E-state index is -0.156. The van der Waals surface area contributed by atoms with E-state index in [0.717, 1.165) is 37.1 Å². The first kappa shape index (κ1) is 16.7. The third kappa shape index (κ3) is 4.66. The smallest absolute Gasteiger partial charge is 0.246 e. The molecule has 1 aliphatic heterocycles. The number of ether oxygens (including phenoxy) is 1. The SMILES string of the molecule is O=C(COC1CCNCC1)NC(c1ccccc1)c1ccccc1. The summed E-state index contributed by atoms with van der Waals surface area (Å²) in [6.07, 6.45) is 2.12. The van der Waals surface area contributed by atoms with Crippen LogP contribution in [-0.4, -0.2) is 31.7 Å².